The number of phenolic OH excluding ortho intramolecular Hbond substituents is 1. The van der Waals surface area contributed by atoms with Crippen LogP contribution in [0.15, 0.2) is 24.3 Å². The largest absolute Gasteiger partial charge is 0.507 e. The molecule has 0 aliphatic heterocycles. The lowest BCUT2D eigenvalue weighted by atomic mass is 9.78. The highest BCUT2D eigenvalue weighted by Crippen LogP contribution is 2.39. The molecule has 0 saturated carbocycles. The van der Waals surface area contributed by atoms with E-state index in [4.69, 9.17) is 4.89 Å². The van der Waals surface area contributed by atoms with E-state index in [0.29, 0.717) is 16.7 Å². The van der Waals surface area contributed by atoms with Gasteiger partial charge in [0.15, 0.2) is 5.78 Å². The first-order valence-corrected chi connectivity index (χ1v) is 9.05. The maximum absolute atomic E-state index is 12.4. The van der Waals surface area contributed by atoms with Crippen molar-refractivity contribution < 1.29 is 23.9 Å². The van der Waals surface area contributed by atoms with Crippen molar-refractivity contribution >= 4 is 14.0 Å². The fraction of sp³-hybridized carbons (Fsp3) is 0.500. The van der Waals surface area contributed by atoms with Gasteiger partial charge in [-0.15, -0.1) is 0 Å². The second-order valence-electron chi connectivity index (χ2n) is 7.76. The lowest BCUT2D eigenvalue weighted by molar-refractivity contribution is 0.104. The Kier molecular flexibility index (Phi) is 6.57. The molecule has 0 saturated heterocycles. The van der Waals surface area contributed by atoms with E-state index in [9.17, 15) is 14.5 Å². The Labute approximate surface area is 144 Å². The Balaban J connectivity index is 3.29. The lowest BCUT2D eigenvalue weighted by Crippen LogP contribution is -2.18. The van der Waals surface area contributed by atoms with Crippen LogP contribution in [0.4, 0.5) is 0 Å². The van der Waals surface area contributed by atoms with Crippen LogP contribution in [0.25, 0.3) is 0 Å². The number of hydrogen-bond acceptors (Lipinski definition) is 4. The molecule has 0 bridgehead atoms. The summed E-state index contributed by atoms with van der Waals surface area (Å²) in [5, 5.41) is 10.6. The van der Waals surface area contributed by atoms with Gasteiger partial charge in [0.1, 0.15) is 5.75 Å². The molecule has 2 N–H and O–H groups in total. The van der Waals surface area contributed by atoms with Crippen LogP contribution in [0.2, 0.25) is 0 Å². The van der Waals surface area contributed by atoms with Crippen molar-refractivity contribution in [2.75, 3.05) is 6.61 Å². The summed E-state index contributed by atoms with van der Waals surface area (Å²) in [6.45, 7) is 11.8. The van der Waals surface area contributed by atoms with Crippen molar-refractivity contribution in [2.45, 2.75) is 52.4 Å². The average Bonchev–Trinajstić information content (AvgIpc) is 2.40. The van der Waals surface area contributed by atoms with Gasteiger partial charge in [-0.25, -0.2) is 0 Å². The van der Waals surface area contributed by atoms with Gasteiger partial charge in [-0.3, -0.25) is 9.36 Å². The molecule has 0 fully saturated rings. The van der Waals surface area contributed by atoms with Gasteiger partial charge in [-0.2, -0.15) is 0 Å². The lowest BCUT2D eigenvalue weighted by Gasteiger charge is -2.27. The van der Waals surface area contributed by atoms with Gasteiger partial charge in [-0.05, 0) is 29.0 Å². The highest BCUT2D eigenvalue weighted by molar-refractivity contribution is 7.32. The highest BCUT2D eigenvalue weighted by Gasteiger charge is 2.27. The number of allylic oxidation sites excluding steroid dienone is 1. The zero-order valence-corrected chi connectivity index (χ0v) is 16.1. The Morgan fingerprint density at radius 1 is 1.12 bits per heavy atom. The first kappa shape index (κ1) is 20.6. The van der Waals surface area contributed by atoms with Crippen molar-refractivity contribution in [1.82, 2.24) is 0 Å². The summed E-state index contributed by atoms with van der Waals surface area (Å²) in [6, 6.07) is 3.40. The molecule has 1 rings (SSSR count). The van der Waals surface area contributed by atoms with E-state index in [1.165, 1.54) is 12.2 Å². The minimum Gasteiger partial charge on any atom is -0.507 e. The molecule has 0 heterocycles. The van der Waals surface area contributed by atoms with Crippen LogP contribution >= 0.6 is 8.25 Å². The summed E-state index contributed by atoms with van der Waals surface area (Å²) >= 11 is 0. The summed E-state index contributed by atoms with van der Waals surface area (Å²) in [4.78, 5) is 21.0. The van der Waals surface area contributed by atoms with Gasteiger partial charge in [0.2, 0.25) is 0 Å². The van der Waals surface area contributed by atoms with Crippen molar-refractivity contribution in [3.05, 3.63) is 41.0 Å². The molecule has 134 valence electrons. The molecule has 1 atom stereocenters. The molecule has 0 aliphatic carbocycles. The fourth-order valence-corrected chi connectivity index (χ4v) is 2.53. The van der Waals surface area contributed by atoms with E-state index < -0.39 is 8.25 Å². The Morgan fingerprint density at radius 2 is 1.58 bits per heavy atom. The van der Waals surface area contributed by atoms with E-state index >= 15 is 0 Å². The first-order valence-electron chi connectivity index (χ1n) is 7.78. The number of aromatic hydroxyl groups is 1. The molecule has 24 heavy (non-hydrogen) atoms. The second-order valence-corrected chi connectivity index (χ2v) is 8.58. The average molecular weight is 354 g/mol. The summed E-state index contributed by atoms with van der Waals surface area (Å²) < 4.78 is 15.0. The Bertz CT molecular complexity index is 628. The van der Waals surface area contributed by atoms with E-state index in [1.54, 1.807) is 12.1 Å². The first-order chi connectivity index (χ1) is 10.8. The summed E-state index contributed by atoms with van der Waals surface area (Å²) in [5.74, 6) is -0.0232. The molecule has 0 aromatic heterocycles. The molecule has 0 amide bonds. The molecule has 1 unspecified atom stereocenters. The van der Waals surface area contributed by atoms with Gasteiger partial charge in [0, 0.05) is 16.7 Å². The van der Waals surface area contributed by atoms with Crippen molar-refractivity contribution in [3.63, 3.8) is 0 Å². The fourth-order valence-electron chi connectivity index (χ4n) is 2.29. The standard InChI is InChI=1S/C18H27O5P/c1-17(2,3)13-10-12(11-14(16(13)20)18(4,5)6)15(19)8-7-9-23-24(21)22/h7-8,10-11,20,24H,9H2,1-6H3,(H,21,22). The van der Waals surface area contributed by atoms with Gasteiger partial charge >= 0.3 is 8.25 Å². The normalized spacial score (nSPS) is 14.1. The number of carbonyl (C=O) groups is 1. The molecule has 0 aliphatic rings. The number of hydrogen-bond donors (Lipinski definition) is 2. The Hall–Kier alpha value is -1.42. The third kappa shape index (κ3) is 5.59. The number of carbonyl (C=O) groups excluding carboxylic acids is 1. The molecule has 0 spiro atoms. The van der Waals surface area contributed by atoms with E-state index in [0.717, 1.165) is 0 Å². The van der Waals surface area contributed by atoms with Crippen LogP contribution in [0, 0.1) is 0 Å². The topological polar surface area (TPSA) is 83.8 Å². The Morgan fingerprint density at radius 3 is 1.96 bits per heavy atom. The van der Waals surface area contributed by atoms with Crippen molar-refractivity contribution in [3.8, 4) is 5.75 Å². The SMILES string of the molecule is CC(C)(C)c1cc(C(=O)C=CCO[PH](=O)O)cc(C(C)(C)C)c1O. The second kappa shape index (κ2) is 7.64. The van der Waals surface area contributed by atoms with E-state index in [2.05, 4.69) is 4.52 Å². The van der Waals surface area contributed by atoms with Crippen LogP contribution < -0.4 is 0 Å². The molecule has 0 radical (unpaired) electrons. The van der Waals surface area contributed by atoms with Crippen molar-refractivity contribution in [2.24, 2.45) is 0 Å². The number of rotatable bonds is 5. The maximum atomic E-state index is 12.4. The number of ketones is 1. The zero-order chi connectivity index (χ0) is 18.7. The van der Waals surface area contributed by atoms with E-state index in [-0.39, 0.29) is 29.0 Å². The predicted molar refractivity (Wildman–Crippen MR) is 96.1 cm³/mol. The molecule has 6 heteroatoms. The maximum Gasteiger partial charge on any atom is 0.316 e. The van der Waals surface area contributed by atoms with Crippen LogP contribution in [-0.4, -0.2) is 22.4 Å². The number of phenols is 1. The quantitative estimate of drug-likeness (QED) is 0.472. The molecular weight excluding hydrogens is 327 g/mol. The van der Waals surface area contributed by atoms with E-state index in [1.807, 2.05) is 41.5 Å². The molecule has 1 aromatic rings. The summed E-state index contributed by atoms with van der Waals surface area (Å²) in [6.07, 6.45) is 2.72. The van der Waals surface area contributed by atoms with Gasteiger partial charge in [-0.1, -0.05) is 47.6 Å². The summed E-state index contributed by atoms with van der Waals surface area (Å²) in [5.41, 5.74) is 1.26. The number of benzene rings is 1. The van der Waals surface area contributed by atoms with Crippen LogP contribution in [0.3, 0.4) is 0 Å². The van der Waals surface area contributed by atoms with Crippen LogP contribution in [0.5, 0.6) is 5.75 Å². The molecular formula is C18H27O5P. The summed E-state index contributed by atoms with van der Waals surface area (Å²) in [7, 11) is -3.00. The monoisotopic (exact) mass is 354 g/mol. The van der Waals surface area contributed by atoms with Gasteiger partial charge in [0.05, 0.1) is 6.61 Å². The predicted octanol–water partition coefficient (Wildman–Crippen LogP) is 4.12. The zero-order valence-electron chi connectivity index (χ0n) is 15.1. The van der Waals surface area contributed by atoms with Crippen LogP contribution in [-0.2, 0) is 19.9 Å². The third-order valence-corrected chi connectivity index (χ3v) is 4.00. The minimum atomic E-state index is -3.00. The van der Waals surface area contributed by atoms with Crippen LogP contribution in [0.1, 0.15) is 63.0 Å². The van der Waals surface area contributed by atoms with Gasteiger partial charge in [0.25, 0.3) is 0 Å². The van der Waals surface area contributed by atoms with Crippen molar-refractivity contribution in [1.29, 1.82) is 0 Å². The minimum absolute atomic E-state index is 0.101. The third-order valence-electron chi connectivity index (χ3n) is 3.58. The molecule has 1 aromatic carbocycles. The molecule has 5 nitrogen and oxygen atoms in total. The smallest absolute Gasteiger partial charge is 0.316 e. The highest BCUT2D eigenvalue weighted by atomic mass is 31.1. The van der Waals surface area contributed by atoms with Gasteiger partial charge < -0.3 is 14.5 Å².